The van der Waals surface area contributed by atoms with Crippen LogP contribution in [0.4, 0.5) is 0 Å². The van der Waals surface area contributed by atoms with Gasteiger partial charge in [-0.1, -0.05) is 23.2 Å². The van der Waals surface area contributed by atoms with Crippen molar-refractivity contribution in [3.05, 3.63) is 56.3 Å². The Bertz CT molecular complexity index is 1050. The molecule has 2 heterocycles. The van der Waals surface area contributed by atoms with Gasteiger partial charge < -0.3 is 9.30 Å². The first-order valence-corrected chi connectivity index (χ1v) is 10.0. The van der Waals surface area contributed by atoms with Gasteiger partial charge in [0.05, 0.1) is 21.2 Å². The summed E-state index contributed by atoms with van der Waals surface area (Å²) in [4.78, 5) is 50.3. The van der Waals surface area contributed by atoms with Crippen LogP contribution in [0, 0.1) is 13.8 Å². The number of amides is 2. The molecule has 3 rings (SSSR count). The first-order chi connectivity index (χ1) is 14.0. The van der Waals surface area contributed by atoms with Crippen molar-refractivity contribution in [2.45, 2.75) is 33.7 Å². The van der Waals surface area contributed by atoms with E-state index in [0.717, 1.165) is 16.3 Å². The van der Waals surface area contributed by atoms with Crippen LogP contribution in [0.2, 0.25) is 10.0 Å². The second-order valence-corrected chi connectivity index (χ2v) is 8.16. The Hall–Kier alpha value is -2.64. The molecule has 9 heteroatoms. The summed E-state index contributed by atoms with van der Waals surface area (Å²) in [5.74, 6) is -2.56. The van der Waals surface area contributed by atoms with Gasteiger partial charge in [0.25, 0.3) is 11.8 Å². The maximum absolute atomic E-state index is 12.5. The fraction of sp³-hybridized carbons (Fsp3) is 0.333. The van der Waals surface area contributed by atoms with E-state index >= 15 is 0 Å². The van der Waals surface area contributed by atoms with E-state index in [2.05, 4.69) is 0 Å². The largest absolute Gasteiger partial charge is 0.456 e. The molecule has 2 amide bonds. The summed E-state index contributed by atoms with van der Waals surface area (Å²) in [6, 6.07) is 4.52. The van der Waals surface area contributed by atoms with Crippen LogP contribution >= 0.6 is 23.2 Å². The highest BCUT2D eigenvalue weighted by Gasteiger charge is 2.38. The van der Waals surface area contributed by atoms with Crippen LogP contribution in [-0.4, -0.2) is 46.2 Å². The average Bonchev–Trinajstić information content (AvgIpc) is 3.09. The van der Waals surface area contributed by atoms with E-state index < -0.39 is 30.9 Å². The molecule has 0 spiro atoms. The van der Waals surface area contributed by atoms with Gasteiger partial charge in [0.1, 0.15) is 6.54 Å². The fourth-order valence-corrected chi connectivity index (χ4v) is 4.01. The Labute approximate surface area is 183 Å². The highest BCUT2D eigenvalue weighted by atomic mass is 35.5. The monoisotopic (exact) mass is 450 g/mol. The molecule has 0 N–H and O–H groups in total. The first-order valence-electron chi connectivity index (χ1n) is 9.25. The Kier molecular flexibility index (Phi) is 6.06. The molecule has 0 radical (unpaired) electrons. The molecule has 0 bridgehead atoms. The number of fused-ring (bicyclic) bond motifs is 1. The molecule has 30 heavy (non-hydrogen) atoms. The van der Waals surface area contributed by atoms with E-state index in [0.29, 0.717) is 5.56 Å². The highest BCUT2D eigenvalue weighted by Crippen LogP contribution is 2.31. The summed E-state index contributed by atoms with van der Waals surface area (Å²) >= 11 is 11.8. The lowest BCUT2D eigenvalue weighted by Crippen LogP contribution is -2.36. The summed E-state index contributed by atoms with van der Waals surface area (Å²) in [5.41, 5.74) is 2.33. The van der Waals surface area contributed by atoms with Gasteiger partial charge in [0, 0.05) is 23.0 Å². The number of imide groups is 1. The smallest absolute Gasteiger partial charge is 0.326 e. The summed E-state index contributed by atoms with van der Waals surface area (Å²) in [5, 5.41) is 0.260. The number of ether oxygens (including phenoxy) is 1. The van der Waals surface area contributed by atoms with Gasteiger partial charge in [0.2, 0.25) is 5.78 Å². The third-order valence-corrected chi connectivity index (χ3v) is 5.69. The molecule has 0 aliphatic carbocycles. The van der Waals surface area contributed by atoms with E-state index in [4.69, 9.17) is 27.9 Å². The number of ketones is 1. The zero-order valence-corrected chi connectivity index (χ0v) is 18.4. The minimum absolute atomic E-state index is 0.0689. The van der Waals surface area contributed by atoms with Crippen molar-refractivity contribution in [2.24, 2.45) is 0 Å². The normalized spacial score (nSPS) is 13.2. The van der Waals surface area contributed by atoms with E-state index in [1.54, 1.807) is 6.07 Å². The van der Waals surface area contributed by atoms with Crippen LogP contribution < -0.4 is 0 Å². The number of aryl methyl sites for hydroxylation is 1. The summed E-state index contributed by atoms with van der Waals surface area (Å²) in [6.45, 7) is 6.66. The molecule has 7 nitrogen and oxygen atoms in total. The van der Waals surface area contributed by atoms with Crippen molar-refractivity contribution in [3.63, 3.8) is 0 Å². The van der Waals surface area contributed by atoms with Crippen molar-refractivity contribution in [1.29, 1.82) is 0 Å². The SMILES string of the molecule is Cc1cc(C(=O)COC(=O)CN2C(=O)c3cc(Cl)c(Cl)cc3C2=O)c(C)n1C(C)C. The minimum Gasteiger partial charge on any atom is -0.456 e. The molecule has 0 saturated carbocycles. The molecule has 1 aliphatic heterocycles. The summed E-state index contributed by atoms with van der Waals surface area (Å²) < 4.78 is 7.05. The Morgan fingerprint density at radius 1 is 1.00 bits per heavy atom. The van der Waals surface area contributed by atoms with Crippen LogP contribution in [0.5, 0.6) is 0 Å². The Morgan fingerprint density at radius 3 is 2.00 bits per heavy atom. The number of aromatic nitrogens is 1. The van der Waals surface area contributed by atoms with Gasteiger partial charge in [-0.25, -0.2) is 0 Å². The molecule has 1 aromatic carbocycles. The number of hydrogen-bond acceptors (Lipinski definition) is 5. The van der Waals surface area contributed by atoms with Crippen molar-refractivity contribution in [3.8, 4) is 0 Å². The van der Waals surface area contributed by atoms with Crippen molar-refractivity contribution in [1.82, 2.24) is 9.47 Å². The predicted molar refractivity (Wildman–Crippen MR) is 111 cm³/mol. The number of benzene rings is 1. The lowest BCUT2D eigenvalue weighted by molar-refractivity contribution is -0.142. The molecule has 0 unspecified atom stereocenters. The highest BCUT2D eigenvalue weighted by molar-refractivity contribution is 6.43. The number of Topliss-reactive ketones (excluding diaryl/α,β-unsaturated/α-hetero) is 1. The van der Waals surface area contributed by atoms with E-state index in [1.807, 2.05) is 32.3 Å². The molecule has 2 aromatic rings. The number of hydrogen-bond donors (Lipinski definition) is 0. The number of rotatable bonds is 6. The third kappa shape index (κ3) is 3.87. The number of esters is 1. The Balaban J connectivity index is 1.66. The third-order valence-electron chi connectivity index (χ3n) is 4.96. The van der Waals surface area contributed by atoms with Crippen molar-refractivity contribution < 1.29 is 23.9 Å². The molecule has 0 fully saturated rings. The summed E-state index contributed by atoms with van der Waals surface area (Å²) in [6.07, 6.45) is 0. The minimum atomic E-state index is -0.868. The van der Waals surface area contributed by atoms with Gasteiger partial charge >= 0.3 is 5.97 Å². The zero-order chi connectivity index (χ0) is 22.3. The van der Waals surface area contributed by atoms with Crippen molar-refractivity contribution in [2.75, 3.05) is 13.2 Å². The number of carbonyl (C=O) groups excluding carboxylic acids is 4. The maximum atomic E-state index is 12.5. The zero-order valence-electron chi connectivity index (χ0n) is 16.9. The van der Waals surface area contributed by atoms with E-state index in [9.17, 15) is 19.2 Å². The first kappa shape index (κ1) is 22.1. The Morgan fingerprint density at radius 2 is 1.53 bits per heavy atom. The van der Waals surface area contributed by atoms with Crippen LogP contribution in [0.1, 0.15) is 62.4 Å². The van der Waals surface area contributed by atoms with Crippen molar-refractivity contribution >= 4 is 46.8 Å². The molecular weight excluding hydrogens is 431 g/mol. The molecule has 0 atom stereocenters. The lowest BCUT2D eigenvalue weighted by atomic mass is 10.1. The molecule has 1 aromatic heterocycles. The fourth-order valence-electron chi connectivity index (χ4n) is 3.68. The lowest BCUT2D eigenvalue weighted by Gasteiger charge is -2.14. The van der Waals surface area contributed by atoms with E-state index in [-0.39, 0.29) is 33.0 Å². The van der Waals surface area contributed by atoms with Crippen LogP contribution in [0.25, 0.3) is 0 Å². The maximum Gasteiger partial charge on any atom is 0.326 e. The predicted octanol–water partition coefficient (Wildman–Crippen LogP) is 4.01. The van der Waals surface area contributed by atoms with Crippen LogP contribution in [0.3, 0.4) is 0 Å². The molecule has 0 saturated heterocycles. The molecular formula is C21H20Cl2N2O5. The van der Waals surface area contributed by atoms with Gasteiger partial charge in [0.15, 0.2) is 6.61 Å². The number of carbonyl (C=O) groups is 4. The average molecular weight is 451 g/mol. The standard InChI is InChI=1S/C21H20Cl2N2O5/c1-10(2)25-11(3)5-13(12(25)4)18(26)9-30-19(27)8-24-20(28)14-6-16(22)17(23)7-15(14)21(24)29/h5-7,10H,8-9H2,1-4H3. The van der Waals surface area contributed by atoms with Gasteiger partial charge in [-0.15, -0.1) is 0 Å². The van der Waals surface area contributed by atoms with Crippen LogP contribution in [-0.2, 0) is 9.53 Å². The topological polar surface area (TPSA) is 85.7 Å². The second kappa shape index (κ2) is 8.24. The molecule has 158 valence electrons. The summed E-state index contributed by atoms with van der Waals surface area (Å²) in [7, 11) is 0. The molecule has 1 aliphatic rings. The van der Waals surface area contributed by atoms with Gasteiger partial charge in [-0.05, 0) is 45.9 Å². The van der Waals surface area contributed by atoms with Crippen LogP contribution in [0.15, 0.2) is 18.2 Å². The number of nitrogens with zero attached hydrogens (tertiary/aromatic N) is 2. The number of halogens is 2. The van der Waals surface area contributed by atoms with E-state index in [1.165, 1.54) is 12.1 Å². The quantitative estimate of drug-likeness (QED) is 0.376. The van der Waals surface area contributed by atoms with Gasteiger partial charge in [-0.2, -0.15) is 0 Å². The van der Waals surface area contributed by atoms with Gasteiger partial charge in [-0.3, -0.25) is 24.1 Å². The second-order valence-electron chi connectivity index (χ2n) is 7.34.